The van der Waals surface area contributed by atoms with Crippen LogP contribution in [0.4, 0.5) is 0 Å². The van der Waals surface area contributed by atoms with Crippen LogP contribution >= 0.6 is 11.8 Å². The number of aliphatic hydroxyl groups is 1. The van der Waals surface area contributed by atoms with Crippen molar-refractivity contribution >= 4 is 11.8 Å². The van der Waals surface area contributed by atoms with Gasteiger partial charge in [-0.15, -0.1) is 0 Å². The van der Waals surface area contributed by atoms with Crippen LogP contribution in [0.5, 0.6) is 0 Å². The molecule has 0 saturated carbocycles. The van der Waals surface area contributed by atoms with Crippen LogP contribution in [0, 0.1) is 0 Å². The molecule has 1 rings (SSSR count). The second-order valence-electron chi connectivity index (χ2n) is 3.92. The molecule has 0 spiro atoms. The number of hydrogen-bond acceptors (Lipinski definition) is 5. The van der Waals surface area contributed by atoms with Crippen molar-refractivity contribution in [3.63, 3.8) is 0 Å². The molecule has 0 saturated heterocycles. The topological polar surface area (TPSA) is 88.0 Å². The molecule has 0 radical (unpaired) electrons. The monoisotopic (exact) mass is 259 g/mol. The van der Waals surface area contributed by atoms with E-state index in [2.05, 4.69) is 10.1 Å². The van der Waals surface area contributed by atoms with Crippen molar-refractivity contribution in [1.29, 1.82) is 0 Å². The van der Waals surface area contributed by atoms with E-state index in [1.807, 2.05) is 13.8 Å². The van der Waals surface area contributed by atoms with Crippen molar-refractivity contribution in [2.45, 2.75) is 37.4 Å². The Balaban J connectivity index is 2.87. The Morgan fingerprint density at radius 1 is 1.41 bits per heavy atom. The molecule has 6 nitrogen and oxygen atoms in total. The van der Waals surface area contributed by atoms with Crippen molar-refractivity contribution in [3.8, 4) is 0 Å². The maximum atomic E-state index is 11.1. The van der Waals surface area contributed by atoms with Crippen molar-refractivity contribution in [3.05, 3.63) is 20.7 Å². The number of hydrogen-bond donors (Lipinski definition) is 2. The van der Waals surface area contributed by atoms with Gasteiger partial charge >= 0.3 is 11.1 Å². The molecule has 0 bridgehead atoms. The lowest BCUT2D eigenvalue weighted by atomic mass is 10.0. The maximum Gasteiger partial charge on any atom is 0.339 e. The van der Waals surface area contributed by atoms with E-state index in [1.165, 1.54) is 16.4 Å². The number of H-pyrrole nitrogens is 1. The summed E-state index contributed by atoms with van der Waals surface area (Å²) in [6.07, 6.45) is 1.27. The van der Waals surface area contributed by atoms with Gasteiger partial charge in [0.1, 0.15) is 0 Å². The van der Waals surface area contributed by atoms with E-state index in [-0.39, 0.29) is 0 Å². The number of nitrogens with one attached hydrogen (secondary N) is 1. The zero-order valence-electron chi connectivity index (χ0n) is 10.2. The number of aromatic amines is 1. The fourth-order valence-corrected chi connectivity index (χ4v) is 2.44. The first-order chi connectivity index (χ1) is 7.91. The van der Waals surface area contributed by atoms with E-state index in [4.69, 9.17) is 0 Å². The molecular formula is C10H17N3O3S. The van der Waals surface area contributed by atoms with Gasteiger partial charge in [0.2, 0.25) is 0 Å². The first-order valence-corrected chi connectivity index (χ1v) is 6.43. The second kappa shape index (κ2) is 5.50. The SMILES string of the molecule is CCC(O)(CC)CSc1nc(=O)c(=O)[nH]n1C. The van der Waals surface area contributed by atoms with Gasteiger partial charge in [-0.2, -0.15) is 4.98 Å². The van der Waals surface area contributed by atoms with Crippen LogP contribution in [0.3, 0.4) is 0 Å². The fraction of sp³-hybridized carbons (Fsp3) is 0.700. The third kappa shape index (κ3) is 3.44. The van der Waals surface area contributed by atoms with Gasteiger partial charge < -0.3 is 5.11 Å². The smallest absolute Gasteiger partial charge is 0.339 e. The lowest BCUT2D eigenvalue weighted by molar-refractivity contribution is 0.0571. The van der Waals surface area contributed by atoms with Gasteiger partial charge in [0, 0.05) is 12.8 Å². The molecule has 2 N–H and O–H groups in total. The Labute approximate surface area is 103 Å². The zero-order valence-corrected chi connectivity index (χ0v) is 11.0. The zero-order chi connectivity index (χ0) is 13.1. The largest absolute Gasteiger partial charge is 0.389 e. The number of aryl methyl sites for hydroxylation is 1. The van der Waals surface area contributed by atoms with Crippen LogP contribution in [0.2, 0.25) is 0 Å². The normalized spacial score (nSPS) is 11.8. The quantitative estimate of drug-likeness (QED) is 0.579. The molecule has 1 heterocycles. The summed E-state index contributed by atoms with van der Waals surface area (Å²) >= 11 is 1.26. The molecule has 0 amide bonds. The van der Waals surface area contributed by atoms with Crippen LogP contribution < -0.4 is 11.1 Å². The number of thioether (sulfide) groups is 1. The molecule has 0 atom stereocenters. The van der Waals surface area contributed by atoms with Crippen LogP contribution in [0.15, 0.2) is 14.7 Å². The van der Waals surface area contributed by atoms with E-state index < -0.39 is 16.7 Å². The summed E-state index contributed by atoms with van der Waals surface area (Å²) in [4.78, 5) is 25.8. The summed E-state index contributed by atoms with van der Waals surface area (Å²) in [6, 6.07) is 0. The first kappa shape index (κ1) is 14.0. The van der Waals surface area contributed by atoms with Crippen LogP contribution in [-0.4, -0.2) is 31.2 Å². The highest BCUT2D eigenvalue weighted by molar-refractivity contribution is 7.99. The molecular weight excluding hydrogens is 242 g/mol. The molecule has 0 aromatic carbocycles. The van der Waals surface area contributed by atoms with E-state index in [1.54, 1.807) is 7.05 Å². The Hall–Kier alpha value is -1.08. The molecule has 1 aromatic heterocycles. The number of aromatic nitrogens is 3. The second-order valence-corrected chi connectivity index (χ2v) is 4.86. The molecule has 7 heteroatoms. The summed E-state index contributed by atoms with van der Waals surface area (Å²) in [5, 5.41) is 12.9. The number of nitrogens with zero attached hydrogens (tertiary/aromatic N) is 2. The highest BCUT2D eigenvalue weighted by atomic mass is 32.2. The van der Waals surface area contributed by atoms with Crippen molar-refractivity contribution < 1.29 is 5.11 Å². The highest BCUT2D eigenvalue weighted by Crippen LogP contribution is 2.24. The fourth-order valence-electron chi connectivity index (χ4n) is 1.24. The van der Waals surface area contributed by atoms with Crippen LogP contribution in [0.1, 0.15) is 26.7 Å². The molecule has 0 aliphatic rings. The van der Waals surface area contributed by atoms with E-state index in [9.17, 15) is 14.7 Å². The average Bonchev–Trinajstić information content (AvgIpc) is 2.32. The van der Waals surface area contributed by atoms with E-state index in [0.29, 0.717) is 23.8 Å². The van der Waals surface area contributed by atoms with Crippen molar-refractivity contribution in [1.82, 2.24) is 14.8 Å². The molecule has 96 valence electrons. The minimum Gasteiger partial charge on any atom is -0.389 e. The minimum absolute atomic E-state index is 0.398. The highest BCUT2D eigenvalue weighted by Gasteiger charge is 2.23. The first-order valence-electron chi connectivity index (χ1n) is 5.44. The summed E-state index contributed by atoms with van der Waals surface area (Å²) in [5.41, 5.74) is -2.31. The maximum absolute atomic E-state index is 11.1. The standard InChI is InChI=1S/C10H17N3O3S/c1-4-10(16,5-2)6-17-9-11-7(14)8(15)12-13(9)3/h16H,4-6H2,1-3H3,(H,12,15). The van der Waals surface area contributed by atoms with Gasteiger partial charge in [0.05, 0.1) is 5.60 Å². The summed E-state index contributed by atoms with van der Waals surface area (Å²) < 4.78 is 1.39. The molecule has 0 aliphatic carbocycles. The summed E-state index contributed by atoms with van der Waals surface area (Å²) in [6.45, 7) is 3.81. The summed E-state index contributed by atoms with van der Waals surface area (Å²) in [5.74, 6) is 0.437. The Morgan fingerprint density at radius 3 is 2.53 bits per heavy atom. The Kier molecular flexibility index (Phi) is 4.53. The molecule has 0 aliphatic heterocycles. The Morgan fingerprint density at radius 2 is 2.00 bits per heavy atom. The number of rotatable bonds is 5. The van der Waals surface area contributed by atoms with Crippen LogP contribution in [0.25, 0.3) is 0 Å². The van der Waals surface area contributed by atoms with Gasteiger partial charge in [-0.25, -0.2) is 0 Å². The third-order valence-corrected chi connectivity index (χ3v) is 4.04. The van der Waals surface area contributed by atoms with Gasteiger partial charge in [-0.3, -0.25) is 19.4 Å². The van der Waals surface area contributed by atoms with Gasteiger partial charge in [-0.1, -0.05) is 25.6 Å². The van der Waals surface area contributed by atoms with Crippen LogP contribution in [-0.2, 0) is 7.05 Å². The van der Waals surface area contributed by atoms with E-state index >= 15 is 0 Å². The van der Waals surface area contributed by atoms with Gasteiger partial charge in [-0.05, 0) is 12.8 Å². The van der Waals surface area contributed by atoms with Gasteiger partial charge in [0.25, 0.3) is 0 Å². The predicted octanol–water partition coefficient (Wildman–Crippen LogP) is 0.112. The van der Waals surface area contributed by atoms with Crippen molar-refractivity contribution in [2.24, 2.45) is 7.05 Å². The van der Waals surface area contributed by atoms with Gasteiger partial charge in [0.15, 0.2) is 5.16 Å². The molecule has 1 aromatic rings. The molecule has 17 heavy (non-hydrogen) atoms. The predicted molar refractivity (Wildman–Crippen MR) is 66.4 cm³/mol. The van der Waals surface area contributed by atoms with E-state index in [0.717, 1.165) is 0 Å². The lowest BCUT2D eigenvalue weighted by Crippen LogP contribution is -2.35. The average molecular weight is 259 g/mol. The Bertz CT molecular complexity index is 490. The van der Waals surface area contributed by atoms with Crippen molar-refractivity contribution in [2.75, 3.05) is 5.75 Å². The molecule has 0 unspecified atom stereocenters. The third-order valence-electron chi connectivity index (χ3n) is 2.73. The lowest BCUT2D eigenvalue weighted by Gasteiger charge is -2.24. The summed E-state index contributed by atoms with van der Waals surface area (Å²) in [7, 11) is 1.60. The molecule has 0 fully saturated rings. The minimum atomic E-state index is -0.804.